The van der Waals surface area contributed by atoms with Crippen molar-refractivity contribution in [2.75, 3.05) is 20.3 Å². The van der Waals surface area contributed by atoms with E-state index in [9.17, 15) is 4.79 Å². The molecule has 0 aromatic heterocycles. The van der Waals surface area contributed by atoms with E-state index in [1.807, 2.05) is 44.2 Å². The molecule has 0 N–H and O–H groups in total. The summed E-state index contributed by atoms with van der Waals surface area (Å²) in [5.41, 5.74) is 4.57. The lowest BCUT2D eigenvalue weighted by Gasteiger charge is -2.18. The Kier molecular flexibility index (Phi) is 6.45. The number of allylic oxidation sites excluding steroid dienone is 1. The Hall–Kier alpha value is -3.73. The van der Waals surface area contributed by atoms with Crippen molar-refractivity contribution in [2.45, 2.75) is 20.5 Å². The molecule has 0 aliphatic carbocycles. The van der Waals surface area contributed by atoms with Gasteiger partial charge in [-0.25, -0.2) is 0 Å². The van der Waals surface area contributed by atoms with Crippen LogP contribution < -0.4 is 18.9 Å². The van der Waals surface area contributed by atoms with Crippen molar-refractivity contribution in [3.8, 4) is 23.0 Å². The number of aryl methyl sites for hydroxylation is 2. The molecule has 164 valence electrons. The summed E-state index contributed by atoms with van der Waals surface area (Å²) in [5, 5.41) is 0. The van der Waals surface area contributed by atoms with Gasteiger partial charge >= 0.3 is 0 Å². The summed E-state index contributed by atoms with van der Waals surface area (Å²) in [5.74, 6) is 2.75. The number of methoxy groups -OCH3 is 1. The molecule has 3 aromatic rings. The van der Waals surface area contributed by atoms with E-state index in [4.69, 9.17) is 18.9 Å². The van der Waals surface area contributed by atoms with Gasteiger partial charge in [0.05, 0.1) is 7.11 Å². The van der Waals surface area contributed by atoms with Gasteiger partial charge in [0.2, 0.25) is 0 Å². The van der Waals surface area contributed by atoms with Crippen LogP contribution in [-0.4, -0.2) is 26.1 Å². The number of carbonyl (C=O) groups is 1. The van der Waals surface area contributed by atoms with Crippen molar-refractivity contribution in [3.05, 3.63) is 88.5 Å². The van der Waals surface area contributed by atoms with Gasteiger partial charge in [-0.2, -0.15) is 0 Å². The molecule has 1 aliphatic heterocycles. The molecule has 1 aliphatic rings. The second kappa shape index (κ2) is 9.60. The lowest BCUT2D eigenvalue weighted by Crippen LogP contribution is -2.15. The molecule has 0 radical (unpaired) electrons. The summed E-state index contributed by atoms with van der Waals surface area (Å²) in [6, 6.07) is 17.1. The Morgan fingerprint density at radius 2 is 1.75 bits per heavy atom. The normalized spacial score (nSPS) is 12.6. The van der Waals surface area contributed by atoms with Crippen LogP contribution in [0, 0.1) is 13.8 Å². The highest BCUT2D eigenvalue weighted by atomic mass is 16.6. The van der Waals surface area contributed by atoms with Crippen LogP contribution in [0.1, 0.15) is 32.6 Å². The Morgan fingerprint density at radius 1 is 0.938 bits per heavy atom. The molecule has 0 fully saturated rings. The molecule has 4 rings (SSSR count). The molecule has 5 nitrogen and oxygen atoms in total. The van der Waals surface area contributed by atoms with Gasteiger partial charge in [0.1, 0.15) is 31.3 Å². The summed E-state index contributed by atoms with van der Waals surface area (Å²) in [6.07, 6.45) is 3.35. The van der Waals surface area contributed by atoms with Crippen molar-refractivity contribution < 1.29 is 23.7 Å². The molecule has 1 heterocycles. The number of hydrogen-bond donors (Lipinski definition) is 0. The number of ether oxygens (including phenoxy) is 4. The van der Waals surface area contributed by atoms with Gasteiger partial charge < -0.3 is 18.9 Å². The van der Waals surface area contributed by atoms with E-state index in [2.05, 4.69) is 6.07 Å². The van der Waals surface area contributed by atoms with Gasteiger partial charge in [-0.3, -0.25) is 4.79 Å². The van der Waals surface area contributed by atoms with Crippen LogP contribution >= 0.6 is 0 Å². The minimum Gasteiger partial charge on any atom is -0.496 e. The molecule has 0 spiro atoms. The Morgan fingerprint density at radius 3 is 2.56 bits per heavy atom. The van der Waals surface area contributed by atoms with Crippen LogP contribution in [0.25, 0.3) is 6.08 Å². The van der Waals surface area contributed by atoms with Crippen molar-refractivity contribution in [1.29, 1.82) is 0 Å². The monoisotopic (exact) mass is 430 g/mol. The summed E-state index contributed by atoms with van der Waals surface area (Å²) < 4.78 is 22.6. The van der Waals surface area contributed by atoms with Crippen molar-refractivity contribution in [3.63, 3.8) is 0 Å². The number of rotatable bonds is 7. The van der Waals surface area contributed by atoms with Crippen LogP contribution in [0.4, 0.5) is 0 Å². The fourth-order valence-corrected chi connectivity index (χ4v) is 3.50. The molecule has 5 heteroatoms. The minimum atomic E-state index is -0.106. The van der Waals surface area contributed by atoms with Crippen molar-refractivity contribution in [2.24, 2.45) is 0 Å². The smallest absolute Gasteiger partial charge is 0.185 e. The summed E-state index contributed by atoms with van der Waals surface area (Å²) >= 11 is 0. The first-order chi connectivity index (χ1) is 15.5. The lowest BCUT2D eigenvalue weighted by atomic mass is 10.1. The van der Waals surface area contributed by atoms with E-state index in [0.717, 1.165) is 33.8 Å². The minimum absolute atomic E-state index is 0.106. The molecule has 0 saturated carbocycles. The summed E-state index contributed by atoms with van der Waals surface area (Å²) in [6.45, 7) is 5.43. The fraction of sp³-hybridized carbons (Fsp3) is 0.222. The van der Waals surface area contributed by atoms with Gasteiger partial charge in [0, 0.05) is 11.1 Å². The topological polar surface area (TPSA) is 54.0 Å². The van der Waals surface area contributed by atoms with Crippen LogP contribution in [0.3, 0.4) is 0 Å². The average Bonchev–Trinajstić information content (AvgIpc) is 2.82. The third kappa shape index (κ3) is 4.94. The van der Waals surface area contributed by atoms with E-state index in [-0.39, 0.29) is 5.78 Å². The molecule has 0 bridgehead atoms. The number of hydrogen-bond acceptors (Lipinski definition) is 5. The van der Waals surface area contributed by atoms with Crippen molar-refractivity contribution in [1.82, 2.24) is 0 Å². The van der Waals surface area contributed by atoms with Crippen LogP contribution in [0.5, 0.6) is 23.0 Å². The first-order valence-corrected chi connectivity index (χ1v) is 10.5. The third-order valence-corrected chi connectivity index (χ3v) is 5.29. The highest BCUT2D eigenvalue weighted by Crippen LogP contribution is 2.31. The maximum atomic E-state index is 12.7. The predicted molar refractivity (Wildman–Crippen MR) is 124 cm³/mol. The maximum absolute atomic E-state index is 12.7. The zero-order chi connectivity index (χ0) is 22.5. The zero-order valence-electron chi connectivity index (χ0n) is 18.5. The van der Waals surface area contributed by atoms with Gasteiger partial charge in [-0.05, 0) is 73.0 Å². The second-order valence-corrected chi connectivity index (χ2v) is 7.68. The largest absolute Gasteiger partial charge is 0.496 e. The van der Waals surface area contributed by atoms with E-state index >= 15 is 0 Å². The molecule has 0 atom stereocenters. The molecule has 32 heavy (non-hydrogen) atoms. The number of carbonyl (C=O) groups excluding carboxylic acids is 1. The third-order valence-electron chi connectivity index (χ3n) is 5.29. The van der Waals surface area contributed by atoms with E-state index in [0.29, 0.717) is 36.9 Å². The fourth-order valence-electron chi connectivity index (χ4n) is 3.50. The lowest BCUT2D eigenvalue weighted by molar-refractivity contribution is 0.104. The molecular formula is C27H26O5. The molecule has 0 unspecified atom stereocenters. The standard InChI is InChI=1S/C27H26O5/c1-18-4-5-19(2)26(14-18)32-17-22-15-20(7-10-24(22)29-3)6-9-23(28)21-8-11-25-27(16-21)31-13-12-30-25/h4-11,14-16H,12-13,17H2,1-3H3/b9-6+. The first kappa shape index (κ1) is 21.5. The molecular weight excluding hydrogens is 404 g/mol. The maximum Gasteiger partial charge on any atom is 0.185 e. The Bertz CT molecular complexity index is 1160. The average molecular weight is 431 g/mol. The quantitative estimate of drug-likeness (QED) is 0.363. The number of ketones is 1. The van der Waals surface area contributed by atoms with Gasteiger partial charge in [0.15, 0.2) is 17.3 Å². The van der Waals surface area contributed by atoms with Crippen molar-refractivity contribution >= 4 is 11.9 Å². The van der Waals surface area contributed by atoms with E-state index in [1.165, 1.54) is 0 Å². The van der Waals surface area contributed by atoms with Crippen LogP contribution in [-0.2, 0) is 6.61 Å². The number of benzene rings is 3. The van der Waals surface area contributed by atoms with E-state index in [1.54, 1.807) is 37.5 Å². The Balaban J connectivity index is 1.49. The SMILES string of the molecule is COc1ccc(/C=C/C(=O)c2ccc3c(c2)OCCO3)cc1COc1cc(C)ccc1C. The summed E-state index contributed by atoms with van der Waals surface area (Å²) in [4.78, 5) is 12.7. The van der Waals surface area contributed by atoms with Gasteiger partial charge in [-0.1, -0.05) is 24.3 Å². The van der Waals surface area contributed by atoms with Gasteiger partial charge in [-0.15, -0.1) is 0 Å². The zero-order valence-corrected chi connectivity index (χ0v) is 18.5. The van der Waals surface area contributed by atoms with Crippen LogP contribution in [0.15, 0.2) is 60.7 Å². The summed E-state index contributed by atoms with van der Waals surface area (Å²) in [7, 11) is 1.64. The molecule has 3 aromatic carbocycles. The highest BCUT2D eigenvalue weighted by Gasteiger charge is 2.14. The number of fused-ring (bicyclic) bond motifs is 1. The van der Waals surface area contributed by atoms with Crippen LogP contribution in [0.2, 0.25) is 0 Å². The molecule has 0 saturated heterocycles. The van der Waals surface area contributed by atoms with Gasteiger partial charge in [0.25, 0.3) is 0 Å². The molecule has 0 amide bonds. The van der Waals surface area contributed by atoms with E-state index < -0.39 is 0 Å². The Labute approximate surface area is 188 Å². The second-order valence-electron chi connectivity index (χ2n) is 7.68. The first-order valence-electron chi connectivity index (χ1n) is 10.5. The predicted octanol–water partition coefficient (Wildman–Crippen LogP) is 5.56. The highest BCUT2D eigenvalue weighted by molar-refractivity contribution is 6.07.